The number of alkyl halides is 3. The third-order valence-electron chi connectivity index (χ3n) is 3.69. The number of nitrogens with zero attached hydrogens (tertiary/aromatic N) is 1. The van der Waals surface area contributed by atoms with Gasteiger partial charge in [-0.05, 0) is 30.9 Å². The second-order valence-electron chi connectivity index (χ2n) is 5.44. The van der Waals surface area contributed by atoms with Gasteiger partial charge in [0.25, 0.3) is 0 Å². The molecule has 4 nitrogen and oxygen atoms in total. The van der Waals surface area contributed by atoms with Crippen molar-refractivity contribution < 1.29 is 17.6 Å². The highest BCUT2D eigenvalue weighted by molar-refractivity contribution is 5.81. The Balaban J connectivity index is 2.33. The molecular formula is C14H13F3N2O2. The number of halogens is 3. The van der Waals surface area contributed by atoms with Gasteiger partial charge in [-0.2, -0.15) is 18.2 Å². The van der Waals surface area contributed by atoms with Crippen LogP contribution in [0.1, 0.15) is 37.3 Å². The predicted octanol–water partition coefficient (Wildman–Crippen LogP) is 3.51. The van der Waals surface area contributed by atoms with E-state index in [0.717, 1.165) is 6.42 Å². The van der Waals surface area contributed by atoms with Crippen molar-refractivity contribution in [3.63, 3.8) is 0 Å². The van der Waals surface area contributed by atoms with E-state index in [4.69, 9.17) is 4.42 Å². The molecule has 0 amide bonds. The molecule has 7 heteroatoms. The zero-order valence-corrected chi connectivity index (χ0v) is 11.4. The summed E-state index contributed by atoms with van der Waals surface area (Å²) in [6, 6.07) is 2.06. The van der Waals surface area contributed by atoms with Gasteiger partial charge >= 0.3 is 11.8 Å². The fourth-order valence-electron chi connectivity index (χ4n) is 2.78. The molecule has 0 bridgehead atoms. The SMILES string of the molecule is CC1CC(C)c2cc3c(C(F)(F)F)cc(=O)oc3nc2N1. The van der Waals surface area contributed by atoms with Gasteiger partial charge in [-0.3, -0.25) is 0 Å². The van der Waals surface area contributed by atoms with Gasteiger partial charge < -0.3 is 9.73 Å². The molecule has 0 fully saturated rings. The minimum Gasteiger partial charge on any atom is -0.404 e. The Labute approximate surface area is 118 Å². The molecule has 0 saturated carbocycles. The first-order chi connectivity index (χ1) is 9.75. The Morgan fingerprint density at radius 1 is 1.33 bits per heavy atom. The highest BCUT2D eigenvalue weighted by Crippen LogP contribution is 2.38. The molecule has 21 heavy (non-hydrogen) atoms. The number of fused-ring (bicyclic) bond motifs is 2. The van der Waals surface area contributed by atoms with E-state index in [2.05, 4.69) is 10.3 Å². The van der Waals surface area contributed by atoms with Gasteiger partial charge in [0.15, 0.2) is 0 Å². The molecular weight excluding hydrogens is 285 g/mol. The van der Waals surface area contributed by atoms with Crippen molar-refractivity contribution in [3.05, 3.63) is 33.7 Å². The minimum absolute atomic E-state index is 0.0844. The van der Waals surface area contributed by atoms with Gasteiger partial charge in [0.05, 0.1) is 10.9 Å². The van der Waals surface area contributed by atoms with Crippen LogP contribution < -0.4 is 10.9 Å². The van der Waals surface area contributed by atoms with E-state index in [1.165, 1.54) is 6.07 Å². The monoisotopic (exact) mass is 298 g/mol. The van der Waals surface area contributed by atoms with Gasteiger partial charge in [0.1, 0.15) is 5.82 Å². The van der Waals surface area contributed by atoms with Crippen molar-refractivity contribution in [2.24, 2.45) is 0 Å². The van der Waals surface area contributed by atoms with Crippen LogP contribution in [-0.4, -0.2) is 11.0 Å². The molecule has 3 heterocycles. The molecule has 3 rings (SSSR count). The highest BCUT2D eigenvalue weighted by atomic mass is 19.4. The van der Waals surface area contributed by atoms with E-state index in [1.807, 2.05) is 13.8 Å². The van der Waals surface area contributed by atoms with Crippen LogP contribution >= 0.6 is 0 Å². The number of aromatic nitrogens is 1. The van der Waals surface area contributed by atoms with E-state index in [0.29, 0.717) is 17.4 Å². The predicted molar refractivity (Wildman–Crippen MR) is 71.4 cm³/mol. The van der Waals surface area contributed by atoms with Crippen molar-refractivity contribution in [2.75, 3.05) is 5.32 Å². The van der Waals surface area contributed by atoms with E-state index in [-0.39, 0.29) is 23.1 Å². The first kappa shape index (κ1) is 13.9. The maximum Gasteiger partial charge on any atom is 0.417 e. The molecule has 2 unspecified atom stereocenters. The van der Waals surface area contributed by atoms with E-state index in [1.54, 1.807) is 0 Å². The molecule has 0 radical (unpaired) electrons. The topological polar surface area (TPSA) is 55.1 Å². The van der Waals surface area contributed by atoms with Crippen molar-refractivity contribution in [3.8, 4) is 0 Å². The summed E-state index contributed by atoms with van der Waals surface area (Å²) in [5, 5.41) is 2.93. The number of nitrogens with one attached hydrogen (secondary N) is 1. The van der Waals surface area contributed by atoms with Crippen molar-refractivity contribution in [2.45, 2.75) is 38.4 Å². The van der Waals surface area contributed by atoms with Crippen LogP contribution in [-0.2, 0) is 6.18 Å². The summed E-state index contributed by atoms with van der Waals surface area (Å²) in [7, 11) is 0. The Hall–Kier alpha value is -2.05. The second-order valence-corrected chi connectivity index (χ2v) is 5.44. The first-order valence-corrected chi connectivity index (χ1v) is 6.58. The summed E-state index contributed by atoms with van der Waals surface area (Å²) in [4.78, 5) is 15.4. The van der Waals surface area contributed by atoms with Gasteiger partial charge in [-0.1, -0.05) is 6.92 Å². The van der Waals surface area contributed by atoms with Crippen LogP contribution in [0.5, 0.6) is 0 Å². The first-order valence-electron chi connectivity index (χ1n) is 6.58. The van der Waals surface area contributed by atoms with Gasteiger partial charge in [0.2, 0.25) is 5.71 Å². The number of anilines is 1. The molecule has 1 aliphatic rings. The van der Waals surface area contributed by atoms with E-state index in [9.17, 15) is 18.0 Å². The van der Waals surface area contributed by atoms with Gasteiger partial charge in [-0.15, -0.1) is 0 Å². The molecule has 0 aromatic carbocycles. The summed E-state index contributed by atoms with van der Waals surface area (Å²) in [5.74, 6) is 0.567. The molecule has 1 N–H and O–H groups in total. The average molecular weight is 298 g/mol. The van der Waals surface area contributed by atoms with Gasteiger partial charge in [-0.25, -0.2) is 4.79 Å². The van der Waals surface area contributed by atoms with Crippen molar-refractivity contribution >= 4 is 16.9 Å². The lowest BCUT2D eigenvalue weighted by atomic mass is 9.90. The van der Waals surface area contributed by atoms with Crippen molar-refractivity contribution in [1.29, 1.82) is 0 Å². The maximum absolute atomic E-state index is 13.1. The van der Waals surface area contributed by atoms with Gasteiger partial charge in [0, 0.05) is 12.1 Å². The van der Waals surface area contributed by atoms with Crippen molar-refractivity contribution in [1.82, 2.24) is 4.98 Å². The third kappa shape index (κ3) is 2.36. The minimum atomic E-state index is -4.62. The fourth-order valence-corrected chi connectivity index (χ4v) is 2.78. The van der Waals surface area contributed by atoms with Crippen LogP contribution in [0.15, 0.2) is 21.3 Å². The molecule has 0 saturated heterocycles. The number of rotatable bonds is 0. The van der Waals surface area contributed by atoms with E-state index >= 15 is 0 Å². The molecule has 2 atom stereocenters. The summed E-state index contributed by atoms with van der Waals surface area (Å²) in [6.07, 6.45) is -3.82. The normalized spacial score (nSPS) is 22.0. The summed E-state index contributed by atoms with van der Waals surface area (Å²) in [5.41, 5.74) is -1.64. The molecule has 112 valence electrons. The maximum atomic E-state index is 13.1. The van der Waals surface area contributed by atoms with Crippen LogP contribution in [0.3, 0.4) is 0 Å². The molecule has 2 aromatic heterocycles. The Morgan fingerprint density at radius 3 is 2.71 bits per heavy atom. The zero-order valence-electron chi connectivity index (χ0n) is 11.4. The molecule has 0 spiro atoms. The quantitative estimate of drug-likeness (QED) is 0.808. The van der Waals surface area contributed by atoms with Crippen LogP contribution in [0.25, 0.3) is 11.1 Å². The Kier molecular flexibility index (Phi) is 2.96. The summed E-state index contributed by atoms with van der Waals surface area (Å²) >= 11 is 0. The lowest BCUT2D eigenvalue weighted by molar-refractivity contribution is -0.136. The van der Waals surface area contributed by atoms with Crippen LogP contribution in [0.4, 0.5) is 19.0 Å². The summed E-state index contributed by atoms with van der Waals surface area (Å²) in [6.45, 7) is 3.91. The van der Waals surface area contributed by atoms with Crippen LogP contribution in [0.2, 0.25) is 0 Å². The largest absolute Gasteiger partial charge is 0.417 e. The number of hydrogen-bond donors (Lipinski definition) is 1. The smallest absolute Gasteiger partial charge is 0.404 e. The molecule has 1 aliphatic heterocycles. The number of hydrogen-bond acceptors (Lipinski definition) is 4. The standard InChI is InChI=1S/C14H13F3N2O2/c1-6-3-7(2)18-12-8(6)4-9-10(14(15,16)17)5-11(20)21-13(9)19-12/h4-7H,3H2,1-2H3,(H,18,19). The second kappa shape index (κ2) is 4.47. The molecule has 2 aromatic rings. The van der Waals surface area contributed by atoms with Crippen LogP contribution in [0, 0.1) is 0 Å². The number of pyridine rings is 1. The zero-order chi connectivity index (χ0) is 15.4. The average Bonchev–Trinajstić information content (AvgIpc) is 2.34. The summed E-state index contributed by atoms with van der Waals surface area (Å²) < 4.78 is 44.0. The fraction of sp³-hybridized carbons (Fsp3) is 0.429. The molecule has 0 aliphatic carbocycles. The highest BCUT2D eigenvalue weighted by Gasteiger charge is 2.35. The van der Waals surface area contributed by atoms with E-state index < -0.39 is 17.4 Å². The lowest BCUT2D eigenvalue weighted by Gasteiger charge is -2.28. The lowest BCUT2D eigenvalue weighted by Crippen LogP contribution is -2.25. The Bertz CT molecular complexity index is 767. The third-order valence-corrected chi connectivity index (χ3v) is 3.69. The Morgan fingerprint density at radius 2 is 2.05 bits per heavy atom.